The van der Waals surface area contributed by atoms with Gasteiger partial charge in [0.05, 0.1) is 17.4 Å². The third kappa shape index (κ3) is 5.08. The molecule has 1 aromatic carbocycles. The Bertz CT molecular complexity index is 980. The normalized spacial score (nSPS) is 9.81. The van der Waals surface area contributed by atoms with Crippen molar-refractivity contribution in [1.29, 1.82) is 0 Å². The number of pyridine rings is 1. The highest BCUT2D eigenvalue weighted by molar-refractivity contribution is 5.86. The Balaban J connectivity index is 0.000000596. The summed E-state index contributed by atoms with van der Waals surface area (Å²) in [6.45, 7) is 7.51. The summed E-state index contributed by atoms with van der Waals surface area (Å²) in [5.41, 5.74) is 5.31. The number of rotatable bonds is 3. The van der Waals surface area contributed by atoms with Gasteiger partial charge in [0.2, 0.25) is 0 Å². The van der Waals surface area contributed by atoms with Crippen molar-refractivity contribution in [3.63, 3.8) is 0 Å². The lowest BCUT2D eigenvalue weighted by Gasteiger charge is -2.03. The van der Waals surface area contributed by atoms with Crippen molar-refractivity contribution in [3.05, 3.63) is 72.1 Å². The van der Waals surface area contributed by atoms with E-state index < -0.39 is 0 Å². The third-order valence-electron chi connectivity index (χ3n) is 4.12. The number of carbonyl (C=O) groups excluding carboxylic acids is 1. The second-order valence-electron chi connectivity index (χ2n) is 6.40. The number of carbonyl (C=O) groups is 1. The first kappa shape index (κ1) is 20.0. The van der Waals surface area contributed by atoms with Gasteiger partial charge in [0.1, 0.15) is 11.9 Å². The van der Waals surface area contributed by atoms with E-state index in [0.717, 1.165) is 27.8 Å². The number of aldehydes is 1. The summed E-state index contributed by atoms with van der Waals surface area (Å²) >= 11 is 0. The van der Waals surface area contributed by atoms with Gasteiger partial charge in [-0.25, -0.2) is 4.98 Å². The maximum Gasteiger partial charge on any atom is 0.142 e. The van der Waals surface area contributed by atoms with Gasteiger partial charge >= 0.3 is 0 Å². The van der Waals surface area contributed by atoms with Crippen molar-refractivity contribution in [2.24, 2.45) is 7.05 Å². The molecule has 0 bridgehead atoms. The standard InChI is InChI=1S/C20H21N3.C3H4O/c1-14(2)16-8-5-15(6-9-16)7-10-17-13-23(4)20-19(17)11-18(21-3)12-22-20;1-2-3-4/h5-6,8-9,11-14,21H,1-4H3;2-3H,1H2. The zero-order valence-corrected chi connectivity index (χ0v) is 16.3. The van der Waals surface area contributed by atoms with Gasteiger partial charge in [-0.1, -0.05) is 44.4 Å². The predicted octanol–water partition coefficient (Wildman–Crippen LogP) is 4.51. The van der Waals surface area contributed by atoms with Gasteiger partial charge in [-0.05, 0) is 35.8 Å². The lowest BCUT2D eigenvalue weighted by Crippen LogP contribution is -1.91. The molecule has 1 N–H and O–H groups in total. The SMILES string of the molecule is C=CC=O.CNc1cnc2c(c1)c(C#Cc1ccc(C(C)C)cc1)cn2C. The number of allylic oxidation sites excluding steroid dienone is 1. The van der Waals surface area contributed by atoms with Crippen LogP contribution in [0.25, 0.3) is 11.0 Å². The van der Waals surface area contributed by atoms with Crippen LogP contribution < -0.4 is 5.32 Å². The van der Waals surface area contributed by atoms with E-state index in [1.165, 1.54) is 11.6 Å². The van der Waals surface area contributed by atoms with E-state index in [2.05, 4.69) is 72.9 Å². The molecule has 0 unspecified atom stereocenters. The van der Waals surface area contributed by atoms with Crippen molar-refractivity contribution in [3.8, 4) is 11.8 Å². The van der Waals surface area contributed by atoms with Gasteiger partial charge in [-0.15, -0.1) is 0 Å². The highest BCUT2D eigenvalue weighted by Gasteiger charge is 2.06. The van der Waals surface area contributed by atoms with Crippen molar-refractivity contribution in [2.75, 3.05) is 12.4 Å². The molecule has 0 aliphatic heterocycles. The van der Waals surface area contributed by atoms with Crippen LogP contribution in [0.2, 0.25) is 0 Å². The molecule has 0 spiro atoms. The predicted molar refractivity (Wildman–Crippen MR) is 113 cm³/mol. The van der Waals surface area contributed by atoms with Crippen LogP contribution in [0, 0.1) is 11.8 Å². The fourth-order valence-electron chi connectivity index (χ4n) is 2.59. The summed E-state index contributed by atoms with van der Waals surface area (Å²) in [7, 11) is 3.89. The summed E-state index contributed by atoms with van der Waals surface area (Å²) in [5, 5.41) is 4.20. The third-order valence-corrected chi connectivity index (χ3v) is 4.12. The fraction of sp³-hybridized carbons (Fsp3) is 0.217. The maximum atomic E-state index is 9.06. The van der Waals surface area contributed by atoms with E-state index >= 15 is 0 Å². The Morgan fingerprint density at radius 1 is 1.22 bits per heavy atom. The van der Waals surface area contributed by atoms with Crippen LogP contribution in [-0.4, -0.2) is 22.9 Å². The second-order valence-corrected chi connectivity index (χ2v) is 6.40. The number of hydrogen-bond donors (Lipinski definition) is 1. The van der Waals surface area contributed by atoms with Crippen LogP contribution in [0.5, 0.6) is 0 Å². The number of benzene rings is 1. The van der Waals surface area contributed by atoms with Crippen molar-refractivity contribution in [1.82, 2.24) is 9.55 Å². The Morgan fingerprint density at radius 2 is 1.89 bits per heavy atom. The fourth-order valence-corrected chi connectivity index (χ4v) is 2.59. The summed E-state index contributed by atoms with van der Waals surface area (Å²) in [4.78, 5) is 13.5. The number of anilines is 1. The largest absolute Gasteiger partial charge is 0.387 e. The Kier molecular flexibility index (Phi) is 6.96. The number of nitrogens with zero attached hydrogens (tertiary/aromatic N) is 2. The minimum absolute atomic E-state index is 0.543. The first-order valence-electron chi connectivity index (χ1n) is 8.81. The topological polar surface area (TPSA) is 46.9 Å². The molecule has 0 aliphatic rings. The average Bonchev–Trinajstić information content (AvgIpc) is 3.01. The van der Waals surface area contributed by atoms with Gasteiger partial charge in [-0.3, -0.25) is 4.79 Å². The number of aryl methyl sites for hydroxylation is 1. The molecule has 27 heavy (non-hydrogen) atoms. The minimum Gasteiger partial charge on any atom is -0.387 e. The van der Waals surface area contributed by atoms with Gasteiger partial charge in [-0.2, -0.15) is 0 Å². The lowest BCUT2D eigenvalue weighted by atomic mass is 10.0. The summed E-state index contributed by atoms with van der Waals surface area (Å²) in [5.74, 6) is 7.09. The molecule has 2 aromatic heterocycles. The Morgan fingerprint density at radius 3 is 2.44 bits per heavy atom. The van der Waals surface area contributed by atoms with Crippen LogP contribution >= 0.6 is 0 Å². The molecule has 0 radical (unpaired) electrons. The zero-order valence-electron chi connectivity index (χ0n) is 16.3. The molecule has 138 valence electrons. The molecule has 2 heterocycles. The highest BCUT2D eigenvalue weighted by atomic mass is 16.1. The zero-order chi connectivity index (χ0) is 19.8. The molecule has 0 saturated carbocycles. The van der Waals surface area contributed by atoms with Gasteiger partial charge in [0, 0.05) is 31.2 Å². The number of fused-ring (bicyclic) bond motifs is 1. The molecule has 0 atom stereocenters. The molecule has 0 saturated heterocycles. The van der Waals surface area contributed by atoms with E-state index in [0.29, 0.717) is 12.2 Å². The van der Waals surface area contributed by atoms with Gasteiger partial charge in [0.25, 0.3) is 0 Å². The van der Waals surface area contributed by atoms with Crippen LogP contribution in [0.15, 0.2) is 55.4 Å². The second kappa shape index (κ2) is 9.40. The van der Waals surface area contributed by atoms with Crippen molar-refractivity contribution >= 4 is 23.0 Å². The molecule has 3 aromatic rings. The molecular weight excluding hydrogens is 334 g/mol. The van der Waals surface area contributed by atoms with Crippen LogP contribution in [-0.2, 0) is 11.8 Å². The van der Waals surface area contributed by atoms with Crippen LogP contribution in [0.1, 0.15) is 36.5 Å². The lowest BCUT2D eigenvalue weighted by molar-refractivity contribution is -0.104. The molecule has 0 amide bonds. The first-order valence-corrected chi connectivity index (χ1v) is 8.81. The molecule has 0 fully saturated rings. The van der Waals surface area contributed by atoms with E-state index in [1.807, 2.05) is 31.1 Å². The summed E-state index contributed by atoms with van der Waals surface area (Å²) in [6, 6.07) is 10.6. The average molecular weight is 359 g/mol. The summed E-state index contributed by atoms with van der Waals surface area (Å²) < 4.78 is 2.01. The minimum atomic E-state index is 0.543. The van der Waals surface area contributed by atoms with Crippen LogP contribution in [0.4, 0.5) is 5.69 Å². The van der Waals surface area contributed by atoms with E-state index in [9.17, 15) is 0 Å². The van der Waals surface area contributed by atoms with Crippen molar-refractivity contribution in [2.45, 2.75) is 19.8 Å². The van der Waals surface area contributed by atoms with E-state index in [4.69, 9.17) is 4.79 Å². The van der Waals surface area contributed by atoms with Gasteiger partial charge in [0.15, 0.2) is 0 Å². The van der Waals surface area contributed by atoms with E-state index in [-0.39, 0.29) is 0 Å². The Labute approximate surface area is 160 Å². The maximum absolute atomic E-state index is 9.06. The highest BCUT2D eigenvalue weighted by Crippen LogP contribution is 2.21. The van der Waals surface area contributed by atoms with E-state index in [1.54, 1.807) is 0 Å². The van der Waals surface area contributed by atoms with Gasteiger partial charge < -0.3 is 9.88 Å². The smallest absolute Gasteiger partial charge is 0.142 e. The molecular formula is C23H25N3O. The quantitative estimate of drug-likeness (QED) is 0.425. The molecule has 0 aliphatic carbocycles. The van der Waals surface area contributed by atoms with Crippen molar-refractivity contribution < 1.29 is 4.79 Å². The summed E-state index contributed by atoms with van der Waals surface area (Å²) in [6.07, 6.45) is 5.71. The molecule has 4 heteroatoms. The number of nitrogens with one attached hydrogen (secondary N) is 1. The monoisotopic (exact) mass is 359 g/mol. The molecule has 3 rings (SSSR count). The Hall–Kier alpha value is -3.32. The number of aromatic nitrogens is 2. The van der Waals surface area contributed by atoms with Crippen LogP contribution in [0.3, 0.4) is 0 Å². The molecule has 4 nitrogen and oxygen atoms in total. The number of hydrogen-bond acceptors (Lipinski definition) is 3. The first-order chi connectivity index (χ1) is 13.0.